The number of allylic oxidation sites excluding steroid dienone is 3. The van der Waals surface area contributed by atoms with Crippen LogP contribution in [0.1, 0.15) is 30.3 Å². The number of hydrogen-bond acceptors (Lipinski definition) is 10. The van der Waals surface area contributed by atoms with Gasteiger partial charge in [0, 0.05) is 72.9 Å². The number of carbonyl (C=O) groups excluding carboxylic acids is 1. The number of fused-ring (bicyclic) bond motifs is 3. The van der Waals surface area contributed by atoms with Crippen LogP contribution in [0, 0.1) is 0 Å². The summed E-state index contributed by atoms with van der Waals surface area (Å²) in [5.74, 6) is 2.15. The molecule has 4 heterocycles. The van der Waals surface area contributed by atoms with Crippen molar-refractivity contribution in [1.82, 2.24) is 19.5 Å². The van der Waals surface area contributed by atoms with Crippen LogP contribution >= 0.6 is 11.6 Å². The number of nitrogens with zero attached hydrogens (tertiary/aromatic N) is 7. The fourth-order valence-corrected chi connectivity index (χ4v) is 6.84. The van der Waals surface area contributed by atoms with Gasteiger partial charge in [0.1, 0.15) is 22.8 Å². The van der Waals surface area contributed by atoms with Gasteiger partial charge in [-0.25, -0.2) is 4.99 Å². The lowest BCUT2D eigenvalue weighted by atomic mass is 10.0. The number of aliphatic imine (C=N–C) groups is 1. The standard InChI is InChI=1S/C38H40ClN9O3/c1-5-34(49)41-26-9-7-24(8-10-26)19-33-44-45-37-31(30-21-29(50-3)22-32(51-4)35(30)39)20-25-23-40-38(43-36(25)48(33)37)42-27-11-13-28(14-12-27)47-17-15-46(6-2)16-18-47/h5,7-14,20,22H,1,6,15-19,21,23H2,2-4H3,(H,40,42)(H,41,49). The lowest BCUT2D eigenvalue weighted by Gasteiger charge is -2.35. The third kappa shape index (κ3) is 7.10. The molecule has 2 aliphatic heterocycles. The maximum atomic E-state index is 11.8. The minimum atomic E-state index is -0.268. The second-order valence-electron chi connectivity index (χ2n) is 12.4. The molecule has 3 aliphatic rings. The van der Waals surface area contributed by atoms with E-state index in [0.29, 0.717) is 64.5 Å². The third-order valence-electron chi connectivity index (χ3n) is 9.41. The van der Waals surface area contributed by atoms with E-state index in [2.05, 4.69) is 68.4 Å². The van der Waals surface area contributed by atoms with Gasteiger partial charge in [0.15, 0.2) is 5.65 Å². The molecule has 4 aromatic rings. The number of benzene rings is 2. The summed E-state index contributed by atoms with van der Waals surface area (Å²) < 4.78 is 13.2. The molecule has 262 valence electrons. The fraction of sp³-hybridized carbons (Fsp3) is 0.289. The molecule has 1 fully saturated rings. The number of guanidine groups is 1. The van der Waals surface area contributed by atoms with Gasteiger partial charge in [-0.1, -0.05) is 37.2 Å². The second-order valence-corrected chi connectivity index (χ2v) is 12.8. The van der Waals surface area contributed by atoms with Crippen LogP contribution in [0.15, 0.2) is 99.9 Å². The molecule has 0 radical (unpaired) electrons. The first-order valence-corrected chi connectivity index (χ1v) is 17.3. The van der Waals surface area contributed by atoms with Crippen molar-refractivity contribution in [3.63, 3.8) is 0 Å². The maximum Gasteiger partial charge on any atom is 0.247 e. The van der Waals surface area contributed by atoms with Crippen molar-refractivity contribution in [2.24, 2.45) is 9.98 Å². The van der Waals surface area contributed by atoms with Crippen molar-refractivity contribution in [1.29, 1.82) is 0 Å². The number of nitrogens with one attached hydrogen (secondary N) is 2. The molecule has 51 heavy (non-hydrogen) atoms. The van der Waals surface area contributed by atoms with E-state index in [9.17, 15) is 4.79 Å². The number of piperazine rings is 1. The van der Waals surface area contributed by atoms with Crippen molar-refractivity contribution in [3.05, 3.63) is 118 Å². The number of ether oxygens (including phenoxy) is 2. The van der Waals surface area contributed by atoms with Gasteiger partial charge in [0.25, 0.3) is 0 Å². The van der Waals surface area contributed by atoms with Gasteiger partial charge in [-0.3, -0.25) is 9.20 Å². The highest BCUT2D eigenvalue weighted by atomic mass is 35.5. The zero-order chi connectivity index (χ0) is 35.5. The van der Waals surface area contributed by atoms with E-state index in [1.165, 1.54) is 11.8 Å². The Bertz CT molecular complexity index is 2200. The highest BCUT2D eigenvalue weighted by Gasteiger charge is 2.24. The van der Waals surface area contributed by atoms with Gasteiger partial charge >= 0.3 is 0 Å². The smallest absolute Gasteiger partial charge is 0.247 e. The zero-order valence-electron chi connectivity index (χ0n) is 28.9. The molecule has 12 nitrogen and oxygen atoms in total. The molecule has 7 rings (SSSR count). The van der Waals surface area contributed by atoms with Gasteiger partial charge in [-0.05, 0) is 66.2 Å². The molecule has 0 bridgehead atoms. The van der Waals surface area contributed by atoms with E-state index >= 15 is 0 Å². The number of pyridine rings is 1. The fourth-order valence-electron chi connectivity index (χ4n) is 6.54. The summed E-state index contributed by atoms with van der Waals surface area (Å²) in [7, 11) is 3.21. The number of methoxy groups -OCH3 is 2. The molecule has 2 aromatic carbocycles. The number of likely N-dealkylation sites (N-methyl/N-ethyl adjacent to an activating group) is 1. The molecule has 13 heteroatoms. The second kappa shape index (κ2) is 14.8. The quantitative estimate of drug-likeness (QED) is 0.247. The van der Waals surface area contributed by atoms with E-state index < -0.39 is 0 Å². The number of amides is 1. The monoisotopic (exact) mass is 705 g/mol. The number of rotatable bonds is 9. The van der Waals surface area contributed by atoms with Gasteiger partial charge in [-0.2, -0.15) is 4.99 Å². The van der Waals surface area contributed by atoms with Crippen LogP contribution in [0.5, 0.6) is 0 Å². The average Bonchev–Trinajstić information content (AvgIpc) is 3.59. The van der Waals surface area contributed by atoms with Crippen LogP contribution < -0.4 is 26.2 Å². The topological polar surface area (TPSA) is 121 Å². The molecule has 1 amide bonds. The number of aromatic nitrogens is 3. The SMILES string of the molecule is C=CC(=O)Nc1ccc(Cc2nnc3c(=C4CC(OC)=CC(OC)=C4Cl)cc4c(n23)=NC(Nc2ccc(N3CCN(CC)CC3)cc2)=NC4)cc1. The Morgan fingerprint density at radius 3 is 2.43 bits per heavy atom. The normalized spacial score (nSPS) is 17.3. The van der Waals surface area contributed by atoms with Crippen molar-refractivity contribution >= 4 is 51.8 Å². The van der Waals surface area contributed by atoms with E-state index in [0.717, 1.165) is 60.3 Å². The van der Waals surface area contributed by atoms with Crippen LogP contribution in [-0.2, 0) is 27.2 Å². The van der Waals surface area contributed by atoms with Crippen molar-refractivity contribution < 1.29 is 14.3 Å². The van der Waals surface area contributed by atoms with E-state index in [1.807, 2.05) is 34.7 Å². The molecular formula is C38H40ClN9O3. The first-order chi connectivity index (χ1) is 24.9. The maximum absolute atomic E-state index is 11.8. The number of carbonyl (C=O) groups is 1. The van der Waals surface area contributed by atoms with Crippen LogP contribution in [0.25, 0.3) is 11.2 Å². The Morgan fingerprint density at radius 1 is 1.00 bits per heavy atom. The highest BCUT2D eigenvalue weighted by molar-refractivity contribution is 6.36. The Hall–Kier alpha value is -5.46. The van der Waals surface area contributed by atoms with E-state index in [4.69, 9.17) is 31.1 Å². The molecule has 1 saturated heterocycles. The van der Waals surface area contributed by atoms with Gasteiger partial charge < -0.3 is 29.9 Å². The molecular weight excluding hydrogens is 666 g/mol. The van der Waals surface area contributed by atoms with Crippen molar-refractivity contribution in [2.75, 3.05) is 62.5 Å². The zero-order valence-corrected chi connectivity index (χ0v) is 29.7. The largest absolute Gasteiger partial charge is 0.501 e. The lowest BCUT2D eigenvalue weighted by Crippen LogP contribution is -2.46. The summed E-state index contributed by atoms with van der Waals surface area (Å²) in [6.45, 7) is 11.4. The Balaban J connectivity index is 1.27. The van der Waals surface area contributed by atoms with Gasteiger partial charge in [0.2, 0.25) is 11.9 Å². The van der Waals surface area contributed by atoms with Crippen LogP contribution in [-0.4, -0.2) is 78.3 Å². The summed E-state index contributed by atoms with van der Waals surface area (Å²) in [4.78, 5) is 26.5. The molecule has 0 atom stereocenters. The van der Waals surface area contributed by atoms with Crippen LogP contribution in [0.4, 0.5) is 17.1 Å². The summed E-state index contributed by atoms with van der Waals surface area (Å²) >= 11 is 6.93. The van der Waals surface area contributed by atoms with Gasteiger partial charge in [-0.15, -0.1) is 10.2 Å². The Kier molecular flexibility index (Phi) is 9.87. The van der Waals surface area contributed by atoms with E-state index in [-0.39, 0.29) is 5.91 Å². The first kappa shape index (κ1) is 34.0. The summed E-state index contributed by atoms with van der Waals surface area (Å²) in [6.07, 6.45) is 3.95. The summed E-state index contributed by atoms with van der Waals surface area (Å²) in [5.41, 5.74) is 6.78. The van der Waals surface area contributed by atoms with Crippen molar-refractivity contribution in [3.8, 4) is 0 Å². The Morgan fingerprint density at radius 2 is 1.75 bits per heavy atom. The van der Waals surface area contributed by atoms with E-state index in [1.54, 1.807) is 20.3 Å². The summed E-state index contributed by atoms with van der Waals surface area (Å²) in [6, 6.07) is 18.1. The van der Waals surface area contributed by atoms with Crippen LogP contribution in [0.3, 0.4) is 0 Å². The first-order valence-electron chi connectivity index (χ1n) is 16.9. The minimum Gasteiger partial charge on any atom is -0.501 e. The Labute approximate surface area is 301 Å². The lowest BCUT2D eigenvalue weighted by molar-refractivity contribution is -0.111. The average molecular weight is 706 g/mol. The molecule has 0 spiro atoms. The molecule has 1 aliphatic carbocycles. The van der Waals surface area contributed by atoms with Crippen LogP contribution in [0.2, 0.25) is 0 Å². The molecule has 2 N–H and O–H groups in total. The number of hydrogen-bond donors (Lipinski definition) is 2. The predicted molar refractivity (Wildman–Crippen MR) is 200 cm³/mol. The predicted octanol–water partition coefficient (Wildman–Crippen LogP) is 4.37. The molecule has 2 aromatic heterocycles. The summed E-state index contributed by atoms with van der Waals surface area (Å²) in [5, 5.41) is 16.8. The minimum absolute atomic E-state index is 0.268. The molecule has 0 unspecified atom stereocenters. The number of halogens is 1. The number of anilines is 3. The highest BCUT2D eigenvalue weighted by Crippen LogP contribution is 2.33. The van der Waals surface area contributed by atoms with Gasteiger partial charge in [0.05, 0.1) is 25.8 Å². The third-order valence-corrected chi connectivity index (χ3v) is 9.82. The molecule has 0 saturated carbocycles. The van der Waals surface area contributed by atoms with Crippen molar-refractivity contribution in [2.45, 2.75) is 26.3 Å².